The van der Waals surface area contributed by atoms with Gasteiger partial charge in [-0.2, -0.15) is 0 Å². The smallest absolute Gasteiger partial charge is 0.119 e. The Hall–Kier alpha value is -1.06. The molecule has 0 aliphatic rings. The van der Waals surface area contributed by atoms with Crippen molar-refractivity contribution < 1.29 is 9.84 Å². The summed E-state index contributed by atoms with van der Waals surface area (Å²) in [5.41, 5.74) is 5.77. The molecule has 1 rings (SSSR count). The summed E-state index contributed by atoms with van der Waals surface area (Å²) in [7, 11) is 1.64. The molecule has 0 aliphatic heterocycles. The minimum absolute atomic E-state index is 0.497. The van der Waals surface area contributed by atoms with Crippen LogP contribution in [0, 0.1) is 0 Å². The molecule has 0 spiro atoms. The van der Waals surface area contributed by atoms with Gasteiger partial charge in [-0.05, 0) is 37.6 Å². The summed E-state index contributed by atoms with van der Waals surface area (Å²) in [5.74, 6) is 0.816. The largest absolute Gasteiger partial charge is 0.497 e. The van der Waals surface area contributed by atoms with Crippen molar-refractivity contribution in [3.05, 3.63) is 29.8 Å². The normalized spacial score (nSPS) is 14.7. The topological polar surface area (TPSA) is 55.5 Å². The van der Waals surface area contributed by atoms with Gasteiger partial charge in [0.05, 0.1) is 12.7 Å². The lowest BCUT2D eigenvalue weighted by Gasteiger charge is -2.22. The highest BCUT2D eigenvalue weighted by molar-refractivity contribution is 5.29. The Balaban J connectivity index is 2.71. The monoisotopic (exact) mass is 209 g/mol. The first-order valence-electron chi connectivity index (χ1n) is 5.13. The highest BCUT2D eigenvalue weighted by atomic mass is 16.5. The van der Waals surface area contributed by atoms with Crippen LogP contribution in [0.1, 0.15) is 18.9 Å². The molecule has 3 N–H and O–H groups in total. The maximum Gasteiger partial charge on any atom is 0.119 e. The maximum absolute atomic E-state index is 10.0. The third-order valence-electron chi connectivity index (χ3n) is 2.40. The number of rotatable bonds is 5. The van der Waals surface area contributed by atoms with E-state index in [1.807, 2.05) is 24.3 Å². The van der Waals surface area contributed by atoms with E-state index in [9.17, 15) is 5.11 Å². The number of methoxy groups -OCH3 is 1. The number of hydrogen-bond acceptors (Lipinski definition) is 3. The summed E-state index contributed by atoms with van der Waals surface area (Å²) < 4.78 is 5.12. The highest BCUT2D eigenvalue weighted by Gasteiger charge is 2.19. The van der Waals surface area contributed by atoms with Crippen LogP contribution in [-0.2, 0) is 6.42 Å². The molecule has 0 saturated heterocycles. The van der Waals surface area contributed by atoms with Crippen molar-refractivity contribution >= 4 is 0 Å². The van der Waals surface area contributed by atoms with E-state index >= 15 is 0 Å². The number of benzene rings is 1. The van der Waals surface area contributed by atoms with Gasteiger partial charge in [-0.3, -0.25) is 0 Å². The van der Waals surface area contributed by atoms with Crippen molar-refractivity contribution in [2.45, 2.75) is 25.4 Å². The Morgan fingerprint density at radius 2 is 2.20 bits per heavy atom. The summed E-state index contributed by atoms with van der Waals surface area (Å²) in [6, 6.07) is 7.73. The van der Waals surface area contributed by atoms with E-state index in [-0.39, 0.29) is 0 Å². The first kappa shape index (κ1) is 12.0. The average Bonchev–Trinajstić information content (AvgIpc) is 2.17. The molecule has 0 saturated carbocycles. The third kappa shape index (κ3) is 3.90. The van der Waals surface area contributed by atoms with Gasteiger partial charge >= 0.3 is 0 Å². The van der Waals surface area contributed by atoms with Crippen LogP contribution in [0.2, 0.25) is 0 Å². The molecule has 3 heteroatoms. The van der Waals surface area contributed by atoms with Gasteiger partial charge in [-0.25, -0.2) is 0 Å². The lowest BCUT2D eigenvalue weighted by atomic mass is 9.93. The molecular weight excluding hydrogens is 190 g/mol. The van der Waals surface area contributed by atoms with E-state index in [0.717, 1.165) is 11.3 Å². The molecule has 0 fully saturated rings. The quantitative estimate of drug-likeness (QED) is 0.769. The van der Waals surface area contributed by atoms with Gasteiger partial charge in [0.2, 0.25) is 0 Å². The van der Waals surface area contributed by atoms with Crippen LogP contribution in [0.5, 0.6) is 5.75 Å². The van der Waals surface area contributed by atoms with Gasteiger partial charge in [-0.1, -0.05) is 12.1 Å². The Labute approximate surface area is 90.9 Å². The van der Waals surface area contributed by atoms with E-state index < -0.39 is 5.60 Å². The second-order valence-electron chi connectivity index (χ2n) is 4.06. The maximum atomic E-state index is 10.0. The fourth-order valence-electron chi connectivity index (χ4n) is 1.62. The van der Waals surface area contributed by atoms with Crippen LogP contribution in [-0.4, -0.2) is 24.4 Å². The Morgan fingerprint density at radius 1 is 1.47 bits per heavy atom. The number of hydrogen-bond donors (Lipinski definition) is 2. The molecule has 0 radical (unpaired) electrons. The minimum atomic E-state index is -0.735. The van der Waals surface area contributed by atoms with Gasteiger partial charge in [0.25, 0.3) is 0 Å². The van der Waals surface area contributed by atoms with E-state index in [1.54, 1.807) is 14.0 Å². The second kappa shape index (κ2) is 5.14. The van der Waals surface area contributed by atoms with E-state index in [4.69, 9.17) is 10.5 Å². The first-order chi connectivity index (χ1) is 7.07. The summed E-state index contributed by atoms with van der Waals surface area (Å²) in [4.78, 5) is 0. The number of aliphatic hydroxyl groups is 1. The van der Waals surface area contributed by atoms with Crippen LogP contribution in [0.3, 0.4) is 0 Å². The fraction of sp³-hybridized carbons (Fsp3) is 0.500. The molecule has 3 nitrogen and oxygen atoms in total. The molecule has 1 atom stereocenters. The van der Waals surface area contributed by atoms with Crippen LogP contribution in [0.15, 0.2) is 24.3 Å². The van der Waals surface area contributed by atoms with Crippen LogP contribution >= 0.6 is 0 Å². The molecule has 1 unspecified atom stereocenters. The second-order valence-corrected chi connectivity index (χ2v) is 4.06. The van der Waals surface area contributed by atoms with Crippen LogP contribution in [0.25, 0.3) is 0 Å². The molecule has 0 amide bonds. The van der Waals surface area contributed by atoms with Gasteiger partial charge < -0.3 is 15.6 Å². The molecular formula is C12H19NO2. The lowest BCUT2D eigenvalue weighted by Crippen LogP contribution is -2.30. The number of ether oxygens (including phenoxy) is 1. The van der Waals surface area contributed by atoms with Crippen molar-refractivity contribution in [2.75, 3.05) is 13.7 Å². The summed E-state index contributed by atoms with van der Waals surface area (Å²) in [6.07, 6.45) is 1.20. The van der Waals surface area contributed by atoms with Gasteiger partial charge in [-0.15, -0.1) is 0 Å². The highest BCUT2D eigenvalue weighted by Crippen LogP contribution is 2.19. The molecule has 0 bridgehead atoms. The van der Waals surface area contributed by atoms with Gasteiger partial charge in [0.15, 0.2) is 0 Å². The SMILES string of the molecule is COc1cccc(CC(C)(O)CCN)c1. The average molecular weight is 209 g/mol. The van der Waals surface area contributed by atoms with Crippen molar-refractivity contribution in [3.63, 3.8) is 0 Å². The Bertz CT molecular complexity index is 310. The van der Waals surface area contributed by atoms with E-state index in [2.05, 4.69) is 0 Å². The molecule has 0 heterocycles. The summed E-state index contributed by atoms with van der Waals surface area (Å²) in [6.45, 7) is 2.30. The summed E-state index contributed by atoms with van der Waals surface area (Å²) in [5, 5.41) is 10.0. The van der Waals surface area contributed by atoms with E-state index in [1.165, 1.54) is 0 Å². The Kier molecular flexibility index (Phi) is 4.12. The first-order valence-corrected chi connectivity index (χ1v) is 5.13. The zero-order valence-electron chi connectivity index (χ0n) is 9.36. The standard InChI is InChI=1S/C12H19NO2/c1-12(14,6-7-13)9-10-4-3-5-11(8-10)15-2/h3-5,8,14H,6-7,9,13H2,1-2H3. The molecule has 0 aromatic heterocycles. The predicted octanol–water partition coefficient (Wildman–Crippen LogP) is 1.34. The third-order valence-corrected chi connectivity index (χ3v) is 2.40. The van der Waals surface area contributed by atoms with Gasteiger partial charge in [0.1, 0.15) is 5.75 Å². The molecule has 1 aromatic carbocycles. The zero-order valence-corrected chi connectivity index (χ0v) is 9.36. The van der Waals surface area contributed by atoms with Crippen molar-refractivity contribution in [2.24, 2.45) is 5.73 Å². The Morgan fingerprint density at radius 3 is 2.80 bits per heavy atom. The van der Waals surface area contributed by atoms with Crippen LogP contribution < -0.4 is 10.5 Å². The molecule has 0 aliphatic carbocycles. The van der Waals surface area contributed by atoms with Gasteiger partial charge in [0, 0.05) is 6.42 Å². The van der Waals surface area contributed by atoms with Crippen molar-refractivity contribution in [3.8, 4) is 5.75 Å². The lowest BCUT2D eigenvalue weighted by molar-refractivity contribution is 0.0538. The predicted molar refractivity (Wildman–Crippen MR) is 61.0 cm³/mol. The molecule has 15 heavy (non-hydrogen) atoms. The van der Waals surface area contributed by atoms with Crippen molar-refractivity contribution in [1.29, 1.82) is 0 Å². The molecule has 84 valence electrons. The fourth-order valence-corrected chi connectivity index (χ4v) is 1.62. The van der Waals surface area contributed by atoms with Crippen molar-refractivity contribution in [1.82, 2.24) is 0 Å². The van der Waals surface area contributed by atoms with E-state index in [0.29, 0.717) is 19.4 Å². The molecule has 1 aromatic rings. The number of nitrogens with two attached hydrogens (primary N) is 1. The summed E-state index contributed by atoms with van der Waals surface area (Å²) >= 11 is 0. The zero-order chi connectivity index (χ0) is 11.3. The minimum Gasteiger partial charge on any atom is -0.497 e. The van der Waals surface area contributed by atoms with Crippen LogP contribution in [0.4, 0.5) is 0 Å².